The van der Waals surface area contributed by atoms with Gasteiger partial charge in [-0.15, -0.1) is 12.4 Å². The van der Waals surface area contributed by atoms with Crippen LogP contribution in [0, 0.1) is 11.3 Å². The number of nitrogens with zero attached hydrogens (tertiary/aromatic N) is 1. The van der Waals surface area contributed by atoms with Crippen molar-refractivity contribution in [2.24, 2.45) is 11.3 Å². The van der Waals surface area contributed by atoms with E-state index in [-0.39, 0.29) is 12.4 Å². The molecule has 3 rings (SSSR count). The first kappa shape index (κ1) is 15.7. The van der Waals surface area contributed by atoms with Gasteiger partial charge in [-0.1, -0.05) is 26.8 Å². The Bertz CT molecular complexity index is 429. The standard InChI is InChI=1S/C16H25N3.ClH/c1-16(2,3)15-12-8-7-11(10-14(12)18-19-15)13-6-4-5-9-17-13;/h4-6,9,11-12,14-15,18-19H,7-8,10H2,1-3H3;1H. The van der Waals surface area contributed by atoms with Gasteiger partial charge in [0.1, 0.15) is 0 Å². The van der Waals surface area contributed by atoms with E-state index < -0.39 is 0 Å². The Hall–Kier alpha value is -0.640. The highest BCUT2D eigenvalue weighted by Gasteiger charge is 2.44. The average Bonchev–Trinajstić information content (AvgIpc) is 2.82. The molecule has 1 aromatic rings. The maximum absolute atomic E-state index is 4.54. The molecule has 1 aliphatic heterocycles. The molecule has 0 bridgehead atoms. The minimum absolute atomic E-state index is 0. The molecule has 1 aliphatic carbocycles. The molecule has 4 atom stereocenters. The van der Waals surface area contributed by atoms with E-state index in [0.29, 0.717) is 23.4 Å². The van der Waals surface area contributed by atoms with Gasteiger partial charge in [-0.05, 0) is 42.7 Å². The van der Waals surface area contributed by atoms with Gasteiger partial charge < -0.3 is 0 Å². The van der Waals surface area contributed by atoms with Crippen molar-refractivity contribution in [3.8, 4) is 0 Å². The first-order valence-electron chi connectivity index (χ1n) is 7.47. The van der Waals surface area contributed by atoms with E-state index in [9.17, 15) is 0 Å². The number of fused-ring (bicyclic) bond motifs is 1. The lowest BCUT2D eigenvalue weighted by Gasteiger charge is -2.37. The Balaban J connectivity index is 0.00000147. The number of rotatable bonds is 1. The van der Waals surface area contributed by atoms with Crippen molar-refractivity contribution in [1.82, 2.24) is 15.8 Å². The zero-order chi connectivity index (χ0) is 13.5. The van der Waals surface area contributed by atoms with E-state index in [1.54, 1.807) is 0 Å². The van der Waals surface area contributed by atoms with E-state index in [2.05, 4.69) is 48.7 Å². The number of hydrogen-bond acceptors (Lipinski definition) is 3. The van der Waals surface area contributed by atoms with E-state index >= 15 is 0 Å². The molecule has 0 aromatic carbocycles. The summed E-state index contributed by atoms with van der Waals surface area (Å²) in [4.78, 5) is 4.54. The molecule has 2 N–H and O–H groups in total. The lowest BCUT2D eigenvalue weighted by Crippen LogP contribution is -2.42. The van der Waals surface area contributed by atoms with Crippen LogP contribution in [0.4, 0.5) is 0 Å². The van der Waals surface area contributed by atoms with E-state index in [0.717, 1.165) is 5.92 Å². The summed E-state index contributed by atoms with van der Waals surface area (Å²) in [5.41, 5.74) is 8.67. The smallest absolute Gasteiger partial charge is 0.0435 e. The fourth-order valence-electron chi connectivity index (χ4n) is 3.81. The van der Waals surface area contributed by atoms with Crippen molar-refractivity contribution in [2.45, 2.75) is 58.0 Å². The second kappa shape index (κ2) is 6.00. The van der Waals surface area contributed by atoms with Crippen molar-refractivity contribution < 1.29 is 0 Å². The number of nitrogens with one attached hydrogen (secondary N) is 2. The van der Waals surface area contributed by atoms with Gasteiger partial charge >= 0.3 is 0 Å². The molecule has 2 aliphatic rings. The van der Waals surface area contributed by atoms with Crippen molar-refractivity contribution in [1.29, 1.82) is 0 Å². The van der Waals surface area contributed by atoms with Gasteiger partial charge in [-0.2, -0.15) is 0 Å². The summed E-state index contributed by atoms with van der Waals surface area (Å²) in [6, 6.07) is 7.47. The first-order valence-corrected chi connectivity index (χ1v) is 7.47. The third kappa shape index (κ3) is 3.00. The monoisotopic (exact) mass is 295 g/mol. The number of hydrogen-bond donors (Lipinski definition) is 2. The molecule has 0 spiro atoms. The van der Waals surface area contributed by atoms with Crippen LogP contribution in [0.1, 0.15) is 51.6 Å². The average molecular weight is 296 g/mol. The molecular formula is C16H26ClN3. The number of hydrazine groups is 1. The largest absolute Gasteiger partial charge is 0.261 e. The van der Waals surface area contributed by atoms with Gasteiger partial charge in [-0.3, -0.25) is 15.8 Å². The fraction of sp³-hybridized carbons (Fsp3) is 0.688. The highest BCUT2D eigenvalue weighted by molar-refractivity contribution is 5.85. The third-order valence-corrected chi connectivity index (χ3v) is 4.80. The molecule has 4 heteroatoms. The van der Waals surface area contributed by atoms with Gasteiger partial charge in [-0.25, -0.2) is 0 Å². The highest BCUT2D eigenvalue weighted by atomic mass is 35.5. The molecular weight excluding hydrogens is 270 g/mol. The Morgan fingerprint density at radius 1 is 1.15 bits per heavy atom. The summed E-state index contributed by atoms with van der Waals surface area (Å²) < 4.78 is 0. The Kier molecular flexibility index (Phi) is 4.73. The Morgan fingerprint density at radius 2 is 1.95 bits per heavy atom. The van der Waals surface area contributed by atoms with Gasteiger partial charge in [0.25, 0.3) is 0 Å². The van der Waals surface area contributed by atoms with Crippen LogP contribution in [0.5, 0.6) is 0 Å². The van der Waals surface area contributed by atoms with Gasteiger partial charge in [0, 0.05) is 29.9 Å². The minimum Gasteiger partial charge on any atom is -0.261 e. The highest BCUT2D eigenvalue weighted by Crippen LogP contribution is 2.42. The maximum atomic E-state index is 4.54. The summed E-state index contributed by atoms with van der Waals surface area (Å²) in [6.45, 7) is 7.00. The lowest BCUT2D eigenvalue weighted by atomic mass is 9.69. The Morgan fingerprint density at radius 3 is 2.60 bits per heavy atom. The molecule has 112 valence electrons. The van der Waals surface area contributed by atoms with Crippen LogP contribution in [-0.4, -0.2) is 17.1 Å². The van der Waals surface area contributed by atoms with Gasteiger partial charge in [0.2, 0.25) is 0 Å². The summed E-state index contributed by atoms with van der Waals surface area (Å²) in [6.07, 6.45) is 5.70. The van der Waals surface area contributed by atoms with E-state index in [1.807, 2.05) is 12.3 Å². The zero-order valence-corrected chi connectivity index (χ0v) is 13.4. The van der Waals surface area contributed by atoms with Gasteiger partial charge in [0.15, 0.2) is 0 Å². The number of pyridine rings is 1. The second-order valence-electron chi connectivity index (χ2n) is 7.17. The predicted octanol–water partition coefficient (Wildman–Crippen LogP) is 3.28. The predicted molar refractivity (Wildman–Crippen MR) is 84.9 cm³/mol. The van der Waals surface area contributed by atoms with Crippen LogP contribution in [0.2, 0.25) is 0 Å². The van der Waals surface area contributed by atoms with E-state index in [1.165, 1.54) is 25.0 Å². The Labute approximate surface area is 128 Å². The van der Waals surface area contributed by atoms with Crippen molar-refractivity contribution in [3.63, 3.8) is 0 Å². The van der Waals surface area contributed by atoms with Crippen LogP contribution in [0.25, 0.3) is 0 Å². The summed E-state index contributed by atoms with van der Waals surface area (Å²) in [5, 5.41) is 0. The van der Waals surface area contributed by atoms with Gasteiger partial charge in [0.05, 0.1) is 0 Å². The van der Waals surface area contributed by atoms with Crippen molar-refractivity contribution in [3.05, 3.63) is 30.1 Å². The van der Waals surface area contributed by atoms with Crippen LogP contribution in [-0.2, 0) is 0 Å². The molecule has 2 heterocycles. The van der Waals surface area contributed by atoms with Crippen LogP contribution in [0.15, 0.2) is 24.4 Å². The van der Waals surface area contributed by atoms with Crippen LogP contribution >= 0.6 is 12.4 Å². The molecule has 1 saturated heterocycles. The quantitative estimate of drug-likeness (QED) is 0.835. The SMILES string of the molecule is CC(C)(C)C1NNC2CC(c3ccccn3)CCC21.Cl. The van der Waals surface area contributed by atoms with E-state index in [4.69, 9.17) is 0 Å². The first-order chi connectivity index (χ1) is 9.05. The summed E-state index contributed by atoms with van der Waals surface area (Å²) in [5.74, 6) is 1.38. The zero-order valence-electron chi connectivity index (χ0n) is 12.6. The molecule has 2 fully saturated rings. The topological polar surface area (TPSA) is 37.0 Å². The third-order valence-electron chi connectivity index (χ3n) is 4.80. The molecule has 3 nitrogen and oxygen atoms in total. The molecule has 20 heavy (non-hydrogen) atoms. The minimum atomic E-state index is 0. The molecule has 1 saturated carbocycles. The van der Waals surface area contributed by atoms with Crippen molar-refractivity contribution in [2.75, 3.05) is 0 Å². The van der Waals surface area contributed by atoms with Crippen molar-refractivity contribution >= 4 is 12.4 Å². The number of aromatic nitrogens is 1. The lowest BCUT2D eigenvalue weighted by molar-refractivity contribution is 0.195. The summed E-state index contributed by atoms with van der Waals surface area (Å²) in [7, 11) is 0. The van der Waals surface area contributed by atoms with Crippen LogP contribution < -0.4 is 10.9 Å². The van der Waals surface area contributed by atoms with Crippen LogP contribution in [0.3, 0.4) is 0 Å². The fourth-order valence-corrected chi connectivity index (χ4v) is 3.81. The molecule has 1 aromatic heterocycles. The maximum Gasteiger partial charge on any atom is 0.0435 e. The number of halogens is 1. The molecule has 4 unspecified atom stereocenters. The normalized spacial score (nSPS) is 33.4. The second-order valence-corrected chi connectivity index (χ2v) is 7.17. The molecule has 0 amide bonds. The molecule has 0 radical (unpaired) electrons. The summed E-state index contributed by atoms with van der Waals surface area (Å²) >= 11 is 0.